The van der Waals surface area contributed by atoms with Gasteiger partial charge in [0.2, 0.25) is 0 Å². The Hall–Kier alpha value is -3.28. The highest BCUT2D eigenvalue weighted by Crippen LogP contribution is 2.67. The van der Waals surface area contributed by atoms with Gasteiger partial charge in [0.15, 0.2) is 14.1 Å². The molecule has 5 heteroatoms. The van der Waals surface area contributed by atoms with Crippen molar-refractivity contribution >= 4 is 20.1 Å². The van der Waals surface area contributed by atoms with Gasteiger partial charge in [-0.1, -0.05) is 112 Å². The summed E-state index contributed by atoms with van der Waals surface area (Å²) in [7, 11) is -0.841. The minimum absolute atomic E-state index is 0.0191. The first-order chi connectivity index (χ1) is 19.0. The molecule has 1 saturated carbocycles. The van der Waals surface area contributed by atoms with E-state index in [0.29, 0.717) is 0 Å². The summed E-state index contributed by atoms with van der Waals surface area (Å²) in [6.07, 6.45) is 2.32. The molecule has 0 heterocycles. The lowest BCUT2D eigenvalue weighted by atomic mass is 9.84. The molecule has 3 aromatic carbocycles. The standard InChI is InChI=1S/C35H42O4Si/c1-34(2,3)40(5,6)39-30(24-32(37)38-4)22-29(36)23-31-33(27-18-12-8-13-19-27)35(31,28-20-14-9-15-21-28)25-26-16-10-7-11-17-26/h7-21,23,30,33H,22,24-25H2,1-6H3. The average molecular weight is 555 g/mol. The van der Waals surface area contributed by atoms with Crippen LogP contribution in [0.4, 0.5) is 0 Å². The molecule has 0 N–H and O–H groups in total. The molecule has 0 bridgehead atoms. The Morgan fingerprint density at radius 2 is 1.43 bits per heavy atom. The Morgan fingerprint density at radius 3 is 1.98 bits per heavy atom. The molecule has 1 fully saturated rings. The normalized spacial score (nSPS) is 20.6. The predicted octanol–water partition coefficient (Wildman–Crippen LogP) is 7.80. The van der Waals surface area contributed by atoms with E-state index in [9.17, 15) is 9.59 Å². The first-order valence-corrected chi connectivity index (χ1v) is 17.0. The monoisotopic (exact) mass is 554 g/mol. The maximum atomic E-state index is 13.8. The van der Waals surface area contributed by atoms with Gasteiger partial charge in [0, 0.05) is 17.8 Å². The van der Waals surface area contributed by atoms with E-state index in [0.717, 1.165) is 12.0 Å². The lowest BCUT2D eigenvalue weighted by Gasteiger charge is -2.39. The van der Waals surface area contributed by atoms with Crippen LogP contribution < -0.4 is 0 Å². The second-order valence-electron chi connectivity index (χ2n) is 12.4. The highest BCUT2D eigenvalue weighted by atomic mass is 28.4. The Labute approximate surface area is 240 Å². The van der Waals surface area contributed by atoms with Gasteiger partial charge in [0.1, 0.15) is 0 Å². The zero-order valence-corrected chi connectivity index (χ0v) is 25.6. The lowest BCUT2D eigenvalue weighted by Crippen LogP contribution is -2.45. The molecule has 0 radical (unpaired) electrons. The van der Waals surface area contributed by atoms with Gasteiger partial charge in [-0.25, -0.2) is 0 Å². The molecule has 0 aliphatic heterocycles. The van der Waals surface area contributed by atoms with E-state index >= 15 is 0 Å². The van der Waals surface area contributed by atoms with Crippen LogP contribution in [0.15, 0.2) is 103 Å². The molecule has 4 rings (SSSR count). The predicted molar refractivity (Wildman–Crippen MR) is 164 cm³/mol. The van der Waals surface area contributed by atoms with Crippen molar-refractivity contribution in [3.63, 3.8) is 0 Å². The lowest BCUT2D eigenvalue weighted by molar-refractivity contribution is -0.142. The minimum Gasteiger partial charge on any atom is -0.469 e. The first kappa shape index (κ1) is 29.7. The summed E-state index contributed by atoms with van der Waals surface area (Å²) in [5, 5.41) is -0.0457. The molecule has 3 atom stereocenters. The zero-order chi connectivity index (χ0) is 29.0. The van der Waals surface area contributed by atoms with Crippen LogP contribution >= 0.6 is 0 Å². The van der Waals surface area contributed by atoms with Gasteiger partial charge in [0.25, 0.3) is 0 Å². The van der Waals surface area contributed by atoms with Crippen LogP contribution in [0.1, 0.15) is 56.2 Å². The SMILES string of the molecule is COC(=O)CC(CC(=O)C=C1C(c2ccccc2)C1(Cc1ccccc1)c1ccccc1)O[Si](C)(C)C(C)(C)C. The Balaban J connectivity index is 1.72. The summed E-state index contributed by atoms with van der Waals surface area (Å²) in [6.45, 7) is 10.8. The molecular formula is C35H42O4Si. The summed E-state index contributed by atoms with van der Waals surface area (Å²) in [6, 6.07) is 31.4. The third kappa shape index (κ3) is 6.53. The minimum atomic E-state index is -2.22. The van der Waals surface area contributed by atoms with Gasteiger partial charge in [0.05, 0.1) is 19.6 Å². The molecule has 1 aliphatic rings. The molecule has 1 aliphatic carbocycles. The molecular weight excluding hydrogens is 512 g/mol. The van der Waals surface area contributed by atoms with Crippen molar-refractivity contribution in [3.05, 3.63) is 119 Å². The summed E-state index contributed by atoms with van der Waals surface area (Å²) < 4.78 is 11.5. The number of ketones is 1. The molecule has 0 aromatic heterocycles. The molecule has 3 aromatic rings. The number of ether oxygens (including phenoxy) is 1. The highest BCUT2D eigenvalue weighted by molar-refractivity contribution is 6.74. The smallest absolute Gasteiger partial charge is 0.308 e. The fourth-order valence-corrected chi connectivity index (χ4v) is 6.84. The van der Waals surface area contributed by atoms with Crippen molar-refractivity contribution in [1.29, 1.82) is 0 Å². The largest absolute Gasteiger partial charge is 0.469 e. The number of benzene rings is 3. The van der Waals surface area contributed by atoms with Crippen molar-refractivity contribution < 1.29 is 18.8 Å². The van der Waals surface area contributed by atoms with Gasteiger partial charge >= 0.3 is 5.97 Å². The van der Waals surface area contributed by atoms with Crippen LogP contribution in [-0.4, -0.2) is 33.3 Å². The Bertz CT molecular complexity index is 1330. The quantitative estimate of drug-likeness (QED) is 0.138. The van der Waals surface area contributed by atoms with Crippen molar-refractivity contribution in [2.45, 2.75) is 75.6 Å². The summed E-state index contributed by atoms with van der Waals surface area (Å²) >= 11 is 0. The second kappa shape index (κ2) is 12.1. The number of carbonyl (C=O) groups is 2. The molecule has 4 nitrogen and oxygen atoms in total. The van der Waals surface area contributed by atoms with E-state index < -0.39 is 14.4 Å². The van der Waals surface area contributed by atoms with E-state index in [1.165, 1.54) is 23.8 Å². The molecule has 40 heavy (non-hydrogen) atoms. The van der Waals surface area contributed by atoms with Crippen molar-refractivity contribution in [2.24, 2.45) is 0 Å². The van der Waals surface area contributed by atoms with Gasteiger partial charge in [-0.15, -0.1) is 0 Å². The van der Waals surface area contributed by atoms with Gasteiger partial charge < -0.3 is 9.16 Å². The van der Waals surface area contributed by atoms with Gasteiger partial charge in [-0.3, -0.25) is 9.59 Å². The molecule has 0 saturated heterocycles. The van der Waals surface area contributed by atoms with Crippen molar-refractivity contribution in [3.8, 4) is 0 Å². The second-order valence-corrected chi connectivity index (χ2v) is 17.2. The number of methoxy groups -OCH3 is 1. The zero-order valence-electron chi connectivity index (χ0n) is 24.6. The van der Waals surface area contributed by atoms with E-state index in [-0.39, 0.29) is 41.0 Å². The highest BCUT2D eigenvalue weighted by Gasteiger charge is 2.61. The first-order valence-electron chi connectivity index (χ1n) is 14.1. The number of carbonyl (C=O) groups excluding carboxylic acids is 2. The number of esters is 1. The maximum absolute atomic E-state index is 13.8. The summed E-state index contributed by atoms with van der Waals surface area (Å²) in [5.74, 6) is -0.296. The number of hydrogen-bond acceptors (Lipinski definition) is 4. The third-order valence-corrected chi connectivity index (χ3v) is 13.2. The third-order valence-electron chi connectivity index (χ3n) is 8.62. The number of allylic oxidation sites excluding steroid dienone is 2. The Morgan fingerprint density at radius 1 is 0.875 bits per heavy atom. The fourth-order valence-electron chi connectivity index (χ4n) is 5.49. The van der Waals surface area contributed by atoms with E-state index in [1.54, 1.807) is 0 Å². The van der Waals surface area contributed by atoms with Crippen LogP contribution in [-0.2, 0) is 30.6 Å². The average Bonchev–Trinajstić information content (AvgIpc) is 3.55. The Kier molecular flexibility index (Phi) is 8.96. The van der Waals surface area contributed by atoms with Crippen LogP contribution in [0.2, 0.25) is 18.1 Å². The summed E-state index contributed by atoms with van der Waals surface area (Å²) in [5.41, 5.74) is 4.42. The summed E-state index contributed by atoms with van der Waals surface area (Å²) in [4.78, 5) is 26.1. The maximum Gasteiger partial charge on any atom is 0.308 e. The van der Waals surface area contributed by atoms with E-state index in [2.05, 4.69) is 107 Å². The molecule has 3 unspecified atom stereocenters. The van der Waals surface area contributed by atoms with Crippen molar-refractivity contribution in [1.82, 2.24) is 0 Å². The van der Waals surface area contributed by atoms with Crippen LogP contribution in [0.5, 0.6) is 0 Å². The molecule has 0 amide bonds. The molecule has 0 spiro atoms. The van der Waals surface area contributed by atoms with Gasteiger partial charge in [-0.2, -0.15) is 0 Å². The topological polar surface area (TPSA) is 52.6 Å². The molecule has 210 valence electrons. The van der Waals surface area contributed by atoms with E-state index in [1.807, 2.05) is 24.3 Å². The van der Waals surface area contributed by atoms with Crippen LogP contribution in [0.3, 0.4) is 0 Å². The van der Waals surface area contributed by atoms with Gasteiger partial charge in [-0.05, 0) is 52.9 Å². The van der Waals surface area contributed by atoms with Crippen molar-refractivity contribution in [2.75, 3.05) is 7.11 Å². The van der Waals surface area contributed by atoms with Crippen LogP contribution in [0.25, 0.3) is 0 Å². The van der Waals surface area contributed by atoms with E-state index in [4.69, 9.17) is 9.16 Å². The fraction of sp³-hybridized carbons (Fsp3) is 0.371. The van der Waals surface area contributed by atoms with Crippen LogP contribution in [0, 0.1) is 0 Å². The number of rotatable bonds is 11. The number of hydrogen-bond donors (Lipinski definition) is 0.